The van der Waals surface area contributed by atoms with Gasteiger partial charge in [0.1, 0.15) is 7.85 Å². The molecule has 1 N–H and O–H groups in total. The maximum Gasteiger partial charge on any atom is 0.471 e. The van der Waals surface area contributed by atoms with Crippen molar-refractivity contribution < 1.29 is 22.4 Å². The minimum Gasteiger partial charge on any atom is -0.303 e. The number of amides is 1. The quantitative estimate of drug-likeness (QED) is 0.605. The minimum atomic E-state index is -5.03. The highest BCUT2D eigenvalue weighted by Crippen LogP contribution is 2.18. The van der Waals surface area contributed by atoms with Crippen LogP contribution in [0.25, 0.3) is 5.65 Å². The summed E-state index contributed by atoms with van der Waals surface area (Å²) < 4.78 is 50.4. The number of nitrogens with zero attached hydrogens (tertiary/aromatic N) is 2. The van der Waals surface area contributed by atoms with Crippen molar-refractivity contribution in [2.75, 3.05) is 5.32 Å². The van der Waals surface area contributed by atoms with Crippen molar-refractivity contribution in [3.05, 3.63) is 24.3 Å². The van der Waals surface area contributed by atoms with Crippen LogP contribution in [0, 0.1) is 5.82 Å². The van der Waals surface area contributed by atoms with Crippen LogP contribution < -0.4 is 10.8 Å². The number of hydrogen-bond donors (Lipinski definition) is 1. The topological polar surface area (TPSA) is 46.4 Å². The summed E-state index contributed by atoms with van der Waals surface area (Å²) in [5.41, 5.74) is -0.159. The summed E-state index contributed by atoms with van der Waals surface area (Å²) in [7, 11) is 5.35. The Labute approximate surface area is 99.0 Å². The normalized spacial score (nSPS) is 11.8. The molecule has 0 aliphatic carbocycles. The number of alkyl halides is 3. The van der Waals surface area contributed by atoms with Crippen LogP contribution in [0.5, 0.6) is 0 Å². The van der Waals surface area contributed by atoms with E-state index in [1.165, 1.54) is 11.5 Å². The van der Waals surface area contributed by atoms with E-state index in [1.807, 2.05) is 0 Å². The Hall–Kier alpha value is -2.06. The number of fused-ring (bicyclic) bond motifs is 1. The minimum absolute atomic E-state index is 0.0751. The van der Waals surface area contributed by atoms with Crippen molar-refractivity contribution in [3.63, 3.8) is 0 Å². The molecule has 18 heavy (non-hydrogen) atoms. The molecular weight excluding hydrogens is 253 g/mol. The van der Waals surface area contributed by atoms with Gasteiger partial charge in [0.05, 0.1) is 6.20 Å². The number of halogens is 4. The molecule has 2 rings (SSSR count). The summed E-state index contributed by atoms with van der Waals surface area (Å²) in [6.45, 7) is 0. The standard InChI is InChI=1S/C9H4BF4N3O/c10-4-1-5(11)7-15-6(3-17(7)2-4)16-8(18)9(12,13)14/h1-3H,(H,16,18). The van der Waals surface area contributed by atoms with Crippen LogP contribution in [0.15, 0.2) is 18.5 Å². The smallest absolute Gasteiger partial charge is 0.303 e. The average molecular weight is 257 g/mol. The van der Waals surface area contributed by atoms with Gasteiger partial charge < -0.3 is 9.72 Å². The molecule has 0 fully saturated rings. The van der Waals surface area contributed by atoms with E-state index in [0.29, 0.717) is 0 Å². The lowest BCUT2D eigenvalue weighted by Gasteiger charge is -2.04. The molecule has 0 aliphatic heterocycles. The Kier molecular flexibility index (Phi) is 2.76. The number of carbonyl (C=O) groups is 1. The summed E-state index contributed by atoms with van der Waals surface area (Å²) in [6, 6.07) is 0.970. The van der Waals surface area contributed by atoms with E-state index in [-0.39, 0.29) is 11.1 Å². The van der Waals surface area contributed by atoms with Crippen LogP contribution in [0.3, 0.4) is 0 Å². The first kappa shape index (κ1) is 12.4. The maximum atomic E-state index is 13.3. The molecule has 0 unspecified atom stereocenters. The van der Waals surface area contributed by atoms with E-state index in [2.05, 4.69) is 4.98 Å². The van der Waals surface area contributed by atoms with E-state index in [4.69, 9.17) is 7.85 Å². The second-order valence-corrected chi connectivity index (χ2v) is 3.43. The number of hydrogen-bond acceptors (Lipinski definition) is 2. The van der Waals surface area contributed by atoms with E-state index in [9.17, 15) is 22.4 Å². The molecule has 92 valence electrons. The fourth-order valence-corrected chi connectivity index (χ4v) is 1.32. The van der Waals surface area contributed by atoms with Crippen molar-refractivity contribution in [1.82, 2.24) is 9.38 Å². The summed E-state index contributed by atoms with van der Waals surface area (Å²) in [6.07, 6.45) is -2.75. The zero-order valence-electron chi connectivity index (χ0n) is 8.62. The molecular formula is C9H4BF4N3O. The molecule has 0 spiro atoms. The lowest BCUT2D eigenvalue weighted by atomic mass is 9.99. The largest absolute Gasteiger partial charge is 0.471 e. The number of carbonyl (C=O) groups excluding carboxylic acids is 1. The Morgan fingerprint density at radius 2 is 2.06 bits per heavy atom. The molecule has 1 amide bonds. The van der Waals surface area contributed by atoms with Gasteiger partial charge >= 0.3 is 12.1 Å². The monoisotopic (exact) mass is 257 g/mol. The highest BCUT2D eigenvalue weighted by atomic mass is 19.4. The molecule has 4 nitrogen and oxygen atoms in total. The second kappa shape index (κ2) is 4.00. The molecule has 0 saturated heterocycles. The molecule has 2 radical (unpaired) electrons. The first-order valence-corrected chi connectivity index (χ1v) is 4.59. The number of nitrogens with one attached hydrogen (secondary N) is 1. The zero-order valence-corrected chi connectivity index (χ0v) is 8.62. The van der Waals surface area contributed by atoms with Crippen molar-refractivity contribution in [2.24, 2.45) is 0 Å². The molecule has 0 saturated carbocycles. The van der Waals surface area contributed by atoms with Gasteiger partial charge in [0.15, 0.2) is 17.3 Å². The lowest BCUT2D eigenvalue weighted by Crippen LogP contribution is -2.30. The number of anilines is 1. The third-order valence-electron chi connectivity index (χ3n) is 2.03. The van der Waals surface area contributed by atoms with Crippen LogP contribution in [0.2, 0.25) is 0 Å². The molecule has 0 aromatic carbocycles. The van der Waals surface area contributed by atoms with Crippen LogP contribution in [-0.4, -0.2) is 29.3 Å². The third-order valence-corrected chi connectivity index (χ3v) is 2.03. The summed E-state index contributed by atoms with van der Waals surface area (Å²) in [5.74, 6) is -3.40. The van der Waals surface area contributed by atoms with Gasteiger partial charge in [-0.2, -0.15) is 13.2 Å². The van der Waals surface area contributed by atoms with Crippen LogP contribution in [-0.2, 0) is 4.79 Å². The Bertz CT molecular complexity index is 622. The fourth-order valence-electron chi connectivity index (χ4n) is 1.32. The number of imidazole rings is 1. The van der Waals surface area contributed by atoms with Crippen molar-refractivity contribution in [1.29, 1.82) is 0 Å². The number of aromatic nitrogens is 2. The van der Waals surface area contributed by atoms with Gasteiger partial charge in [-0.25, -0.2) is 9.37 Å². The molecule has 2 aromatic rings. The van der Waals surface area contributed by atoms with Crippen molar-refractivity contribution in [2.45, 2.75) is 6.18 Å². The fraction of sp³-hybridized carbons (Fsp3) is 0.111. The second-order valence-electron chi connectivity index (χ2n) is 3.43. The van der Waals surface area contributed by atoms with Gasteiger partial charge in [0, 0.05) is 6.20 Å². The maximum absolute atomic E-state index is 13.3. The highest BCUT2D eigenvalue weighted by Gasteiger charge is 2.39. The van der Waals surface area contributed by atoms with Gasteiger partial charge in [-0.3, -0.25) is 4.79 Å². The predicted octanol–water partition coefficient (Wildman–Crippen LogP) is 0.768. The van der Waals surface area contributed by atoms with Crippen LogP contribution in [0.4, 0.5) is 23.4 Å². The average Bonchev–Trinajstić information content (AvgIpc) is 2.58. The predicted molar refractivity (Wildman–Crippen MR) is 55.2 cm³/mol. The molecule has 0 atom stereocenters. The van der Waals surface area contributed by atoms with Gasteiger partial charge in [-0.1, -0.05) is 5.46 Å². The number of rotatable bonds is 1. The Balaban J connectivity index is 2.37. The molecule has 2 heterocycles. The summed E-state index contributed by atoms with van der Waals surface area (Å²) in [4.78, 5) is 14.2. The number of pyridine rings is 1. The molecule has 2 aromatic heterocycles. The Morgan fingerprint density at radius 1 is 1.39 bits per heavy atom. The molecule has 0 bridgehead atoms. The van der Waals surface area contributed by atoms with Gasteiger partial charge in [0.2, 0.25) is 0 Å². The van der Waals surface area contributed by atoms with Gasteiger partial charge in [-0.15, -0.1) is 0 Å². The van der Waals surface area contributed by atoms with Crippen molar-refractivity contribution >= 4 is 30.7 Å². The highest BCUT2D eigenvalue weighted by molar-refractivity contribution is 6.32. The van der Waals surface area contributed by atoms with E-state index < -0.39 is 23.7 Å². The van der Waals surface area contributed by atoms with E-state index >= 15 is 0 Å². The zero-order chi connectivity index (χ0) is 13.5. The first-order valence-electron chi connectivity index (χ1n) is 4.59. The molecule has 0 aliphatic rings. The summed E-state index contributed by atoms with van der Waals surface area (Å²) >= 11 is 0. The lowest BCUT2D eigenvalue weighted by molar-refractivity contribution is -0.167. The Morgan fingerprint density at radius 3 is 2.67 bits per heavy atom. The SMILES string of the molecule is [B]c1cc(F)c2nc(NC(=O)C(F)(F)F)cn2c1. The summed E-state index contributed by atoms with van der Waals surface area (Å²) in [5, 5.41) is 1.51. The van der Waals surface area contributed by atoms with Crippen LogP contribution >= 0.6 is 0 Å². The van der Waals surface area contributed by atoms with E-state index in [0.717, 1.165) is 16.7 Å². The van der Waals surface area contributed by atoms with Crippen molar-refractivity contribution in [3.8, 4) is 0 Å². The third kappa shape index (κ3) is 2.29. The van der Waals surface area contributed by atoms with E-state index in [1.54, 1.807) is 0 Å². The van der Waals surface area contributed by atoms with Crippen LogP contribution in [0.1, 0.15) is 0 Å². The molecule has 9 heteroatoms. The first-order chi connectivity index (χ1) is 8.27. The van der Waals surface area contributed by atoms with Gasteiger partial charge in [0.25, 0.3) is 0 Å². The van der Waals surface area contributed by atoms with Gasteiger partial charge in [-0.05, 0) is 6.07 Å².